The van der Waals surface area contributed by atoms with Crippen molar-refractivity contribution in [1.82, 2.24) is 4.57 Å². The maximum absolute atomic E-state index is 12.5. The monoisotopic (exact) mass is 434 g/mol. The van der Waals surface area contributed by atoms with Crippen LogP contribution in [0.4, 0.5) is 0 Å². The second-order valence-corrected chi connectivity index (χ2v) is 9.49. The fraction of sp³-hybridized carbons (Fsp3) is 0.300. The number of carbonyl (C=O) groups is 1. The van der Waals surface area contributed by atoms with E-state index in [9.17, 15) is 13.2 Å². The minimum Gasteiger partial charge on any atom is -0.497 e. The van der Waals surface area contributed by atoms with Crippen molar-refractivity contribution < 1.29 is 22.7 Å². The predicted molar refractivity (Wildman–Crippen MR) is 112 cm³/mol. The predicted octanol–water partition coefficient (Wildman–Crippen LogP) is 2.43. The molecule has 0 aliphatic rings. The zero-order valence-corrected chi connectivity index (χ0v) is 18.0. The summed E-state index contributed by atoms with van der Waals surface area (Å²) in [5, 5.41) is 0. The van der Waals surface area contributed by atoms with Gasteiger partial charge in [0.05, 0.1) is 35.2 Å². The van der Waals surface area contributed by atoms with Gasteiger partial charge in [-0.05, 0) is 35.9 Å². The van der Waals surface area contributed by atoms with Crippen LogP contribution in [0.1, 0.15) is 5.56 Å². The first-order valence-corrected chi connectivity index (χ1v) is 11.6. The van der Waals surface area contributed by atoms with Gasteiger partial charge >= 0.3 is 0 Å². The number of carbonyl (C=O) groups excluding carboxylic acids is 1. The van der Waals surface area contributed by atoms with E-state index < -0.39 is 9.84 Å². The van der Waals surface area contributed by atoms with Gasteiger partial charge in [0, 0.05) is 19.9 Å². The lowest BCUT2D eigenvalue weighted by Gasteiger charge is -2.05. The minimum absolute atomic E-state index is 0.0892. The van der Waals surface area contributed by atoms with Gasteiger partial charge in [0.2, 0.25) is 0 Å². The summed E-state index contributed by atoms with van der Waals surface area (Å²) in [6, 6.07) is 12.0. The Kier molecular flexibility index (Phi) is 6.51. The number of ether oxygens (including phenoxy) is 2. The molecular weight excluding hydrogens is 412 g/mol. The van der Waals surface area contributed by atoms with Gasteiger partial charge in [-0.2, -0.15) is 4.99 Å². The molecule has 0 bridgehead atoms. The standard InChI is InChI=1S/C20H22N2O5S2/c1-26-11-10-22-17-9-6-15(27-2)13-18(17)28-20(22)21-19(23)12-14-4-7-16(8-5-14)29(3,24)25/h4-9,13H,10-12H2,1-3H3. The molecule has 0 radical (unpaired) electrons. The number of nitrogens with zero attached hydrogens (tertiary/aromatic N) is 2. The molecule has 3 aromatic rings. The van der Waals surface area contributed by atoms with Crippen molar-refractivity contribution in [3.63, 3.8) is 0 Å². The van der Waals surface area contributed by atoms with E-state index in [0.29, 0.717) is 23.5 Å². The maximum Gasteiger partial charge on any atom is 0.252 e. The molecule has 9 heteroatoms. The first kappa shape index (κ1) is 21.2. The fourth-order valence-corrected chi connectivity index (χ4v) is 4.57. The van der Waals surface area contributed by atoms with Gasteiger partial charge in [0.25, 0.3) is 5.91 Å². The van der Waals surface area contributed by atoms with Crippen LogP contribution in [0.5, 0.6) is 5.75 Å². The number of thiazole rings is 1. The molecular formula is C20H22N2O5S2. The van der Waals surface area contributed by atoms with Crippen molar-refractivity contribution in [2.45, 2.75) is 17.9 Å². The van der Waals surface area contributed by atoms with Gasteiger partial charge in [-0.3, -0.25) is 4.79 Å². The summed E-state index contributed by atoms with van der Waals surface area (Å²) in [6.45, 7) is 1.06. The molecule has 0 saturated heterocycles. The van der Waals surface area contributed by atoms with Crippen LogP contribution in [0, 0.1) is 0 Å². The Morgan fingerprint density at radius 2 is 1.86 bits per heavy atom. The highest BCUT2D eigenvalue weighted by Gasteiger charge is 2.11. The molecule has 1 heterocycles. The van der Waals surface area contributed by atoms with Crippen molar-refractivity contribution in [1.29, 1.82) is 0 Å². The Bertz CT molecular complexity index is 1190. The van der Waals surface area contributed by atoms with Crippen molar-refractivity contribution in [2.75, 3.05) is 27.1 Å². The molecule has 3 rings (SSSR count). The Morgan fingerprint density at radius 1 is 1.14 bits per heavy atom. The second-order valence-electron chi connectivity index (χ2n) is 6.46. The zero-order chi connectivity index (χ0) is 21.0. The van der Waals surface area contributed by atoms with Crippen LogP contribution in [-0.4, -0.2) is 46.0 Å². The number of hydrogen-bond donors (Lipinski definition) is 0. The zero-order valence-electron chi connectivity index (χ0n) is 16.4. The Hall–Kier alpha value is -2.49. The Balaban J connectivity index is 1.92. The summed E-state index contributed by atoms with van der Waals surface area (Å²) in [5.41, 5.74) is 1.66. The van der Waals surface area contributed by atoms with Crippen molar-refractivity contribution in [2.24, 2.45) is 4.99 Å². The lowest BCUT2D eigenvalue weighted by atomic mass is 10.1. The molecule has 154 valence electrons. The van der Waals surface area contributed by atoms with Crippen LogP contribution in [0.25, 0.3) is 10.2 Å². The lowest BCUT2D eigenvalue weighted by Crippen LogP contribution is -2.19. The smallest absolute Gasteiger partial charge is 0.252 e. The van der Waals surface area contributed by atoms with Gasteiger partial charge in [-0.15, -0.1) is 0 Å². The molecule has 2 aromatic carbocycles. The van der Waals surface area contributed by atoms with Crippen molar-refractivity contribution >= 4 is 37.3 Å². The largest absolute Gasteiger partial charge is 0.497 e. The third kappa shape index (κ3) is 5.11. The first-order valence-electron chi connectivity index (χ1n) is 8.84. The molecule has 7 nitrogen and oxygen atoms in total. The normalized spacial score (nSPS) is 12.4. The highest BCUT2D eigenvalue weighted by Crippen LogP contribution is 2.23. The summed E-state index contributed by atoms with van der Waals surface area (Å²) in [7, 11) is -0.0298. The molecule has 0 saturated carbocycles. The third-order valence-corrected chi connectivity index (χ3v) is 6.51. The summed E-state index contributed by atoms with van der Waals surface area (Å²) in [4.78, 5) is 17.7. The Morgan fingerprint density at radius 3 is 2.48 bits per heavy atom. The highest BCUT2D eigenvalue weighted by molar-refractivity contribution is 7.90. The number of hydrogen-bond acceptors (Lipinski definition) is 6. The van der Waals surface area contributed by atoms with Crippen LogP contribution in [-0.2, 0) is 32.3 Å². The number of aromatic nitrogens is 1. The van der Waals surface area contributed by atoms with E-state index in [1.165, 1.54) is 23.5 Å². The number of fused-ring (bicyclic) bond motifs is 1. The van der Waals surface area contributed by atoms with Gasteiger partial charge in [0.1, 0.15) is 5.75 Å². The molecule has 0 aliphatic carbocycles. The van der Waals surface area contributed by atoms with Gasteiger partial charge in [-0.25, -0.2) is 8.42 Å². The van der Waals surface area contributed by atoms with Crippen molar-refractivity contribution in [3.8, 4) is 5.75 Å². The van der Waals surface area contributed by atoms with Gasteiger partial charge in [0.15, 0.2) is 14.6 Å². The summed E-state index contributed by atoms with van der Waals surface area (Å²) in [5.74, 6) is 0.434. The first-order chi connectivity index (χ1) is 13.8. The molecule has 0 N–H and O–H groups in total. The molecule has 29 heavy (non-hydrogen) atoms. The summed E-state index contributed by atoms with van der Waals surface area (Å²) >= 11 is 1.41. The van der Waals surface area contributed by atoms with Gasteiger partial charge in [-0.1, -0.05) is 23.5 Å². The molecule has 0 unspecified atom stereocenters. The number of sulfone groups is 1. The van der Waals surface area contributed by atoms with E-state index in [1.54, 1.807) is 26.4 Å². The molecule has 0 aliphatic heterocycles. The third-order valence-electron chi connectivity index (χ3n) is 4.34. The van der Waals surface area contributed by atoms with Gasteiger partial charge < -0.3 is 14.0 Å². The van der Waals surface area contributed by atoms with Crippen LogP contribution in [0.15, 0.2) is 52.4 Å². The molecule has 1 amide bonds. The number of amides is 1. The van der Waals surface area contributed by atoms with E-state index in [4.69, 9.17) is 9.47 Å². The van der Waals surface area contributed by atoms with E-state index in [-0.39, 0.29) is 17.2 Å². The maximum atomic E-state index is 12.5. The van der Waals surface area contributed by atoms with Crippen LogP contribution >= 0.6 is 11.3 Å². The van der Waals surface area contributed by atoms with E-state index in [2.05, 4.69) is 4.99 Å². The Labute approximate surface area is 173 Å². The van der Waals surface area contributed by atoms with Crippen LogP contribution < -0.4 is 9.54 Å². The summed E-state index contributed by atoms with van der Waals surface area (Å²) < 4.78 is 36.5. The summed E-state index contributed by atoms with van der Waals surface area (Å²) in [6.07, 6.45) is 1.24. The molecule has 0 fully saturated rings. The average molecular weight is 435 g/mol. The quantitative estimate of drug-likeness (QED) is 0.570. The molecule has 1 aromatic heterocycles. The molecule has 0 atom stereocenters. The minimum atomic E-state index is -3.26. The van der Waals surface area contributed by atoms with Crippen molar-refractivity contribution in [3.05, 3.63) is 52.8 Å². The van der Waals surface area contributed by atoms with Crippen LogP contribution in [0.2, 0.25) is 0 Å². The highest BCUT2D eigenvalue weighted by atomic mass is 32.2. The van der Waals surface area contributed by atoms with Crippen LogP contribution in [0.3, 0.4) is 0 Å². The SMILES string of the molecule is COCCn1c(=NC(=O)Cc2ccc(S(C)(=O)=O)cc2)sc2cc(OC)ccc21. The molecule has 0 spiro atoms. The second kappa shape index (κ2) is 8.89. The number of rotatable bonds is 7. The lowest BCUT2D eigenvalue weighted by molar-refractivity contribution is -0.117. The number of benzene rings is 2. The topological polar surface area (TPSA) is 87.0 Å². The average Bonchev–Trinajstić information content (AvgIpc) is 3.01. The van der Waals surface area contributed by atoms with E-state index in [1.807, 2.05) is 22.8 Å². The van der Waals surface area contributed by atoms with E-state index in [0.717, 1.165) is 22.2 Å². The van der Waals surface area contributed by atoms with E-state index >= 15 is 0 Å². The fourth-order valence-electron chi connectivity index (χ4n) is 2.84. The number of methoxy groups -OCH3 is 2.